The number of alkyl carbamates (subject to hydrolysis) is 1. The van der Waals surface area contributed by atoms with E-state index in [2.05, 4.69) is 75.2 Å². The summed E-state index contributed by atoms with van der Waals surface area (Å²) < 4.78 is 4.80. The first kappa shape index (κ1) is 43.5. The Morgan fingerprint density at radius 3 is 2.12 bits per heavy atom. The molecule has 4 heterocycles. The van der Waals surface area contributed by atoms with E-state index in [1.807, 2.05) is 43.1 Å². The normalized spacial score (nSPS) is 18.0. The first-order valence-electron chi connectivity index (χ1n) is 22.6. The molecular weight excluding hydrogens is 821 g/mol. The summed E-state index contributed by atoms with van der Waals surface area (Å²) in [5, 5.41) is 18.1. The Bertz CT molecular complexity index is 2770. The molecule has 0 radical (unpaired) electrons. The predicted octanol–water partition coefficient (Wildman–Crippen LogP) is 7.72. The Balaban J connectivity index is 0.905. The van der Waals surface area contributed by atoms with Gasteiger partial charge in [-0.1, -0.05) is 86.6 Å². The zero-order chi connectivity index (χ0) is 45.6. The molecular formula is C51H56N8O6. The maximum absolute atomic E-state index is 14.2. The molecule has 2 saturated heterocycles. The van der Waals surface area contributed by atoms with Crippen molar-refractivity contribution >= 4 is 34.6 Å². The summed E-state index contributed by atoms with van der Waals surface area (Å²) in [7, 11) is 1.30. The number of aromatic nitrogens is 4. The number of aromatic amines is 2. The fourth-order valence-corrected chi connectivity index (χ4v) is 9.63. The highest BCUT2D eigenvalue weighted by Gasteiger charge is 2.40. The number of rotatable bonds is 11. The number of methoxy groups -OCH3 is 1. The van der Waals surface area contributed by atoms with Crippen LogP contribution >= 0.6 is 0 Å². The molecule has 4 aromatic carbocycles. The van der Waals surface area contributed by atoms with E-state index in [-0.39, 0.29) is 29.8 Å². The van der Waals surface area contributed by atoms with Gasteiger partial charge in [-0.15, -0.1) is 0 Å². The topological polar surface area (TPSA) is 186 Å². The number of aliphatic hydroxyl groups is 1. The zero-order valence-electron chi connectivity index (χ0n) is 37.5. The van der Waals surface area contributed by atoms with E-state index in [4.69, 9.17) is 14.7 Å². The van der Waals surface area contributed by atoms with Gasteiger partial charge in [0.05, 0.1) is 42.5 Å². The lowest BCUT2D eigenvalue weighted by Crippen LogP contribution is -2.51. The van der Waals surface area contributed by atoms with Crippen LogP contribution in [0.5, 0.6) is 0 Å². The Morgan fingerprint density at radius 2 is 1.43 bits per heavy atom. The molecule has 1 aliphatic carbocycles. The highest BCUT2D eigenvalue weighted by atomic mass is 16.5. The molecule has 14 nitrogen and oxygen atoms in total. The van der Waals surface area contributed by atoms with Crippen molar-refractivity contribution in [3.8, 4) is 33.6 Å². The van der Waals surface area contributed by atoms with Crippen LogP contribution in [0.15, 0.2) is 91.1 Å². The SMILES string of the molecule is COC(=O)NC(C(=O)N1CCCC1c1nc2c([nH]1)-c1ccc(-c3ccc4cc(-c5cnc(C6CCCN6C(=O)C(NC(=O)C(C)(C)O)c6ccccc6)[nH]5)ccc4c3)cc1CC2)C(C)C. The van der Waals surface area contributed by atoms with Crippen molar-refractivity contribution in [2.24, 2.45) is 5.92 Å². The number of carbonyl (C=O) groups is 4. The number of likely N-dealkylation sites (tertiary alicyclic amines) is 2. The molecule has 4 atom stereocenters. The molecule has 2 aliphatic heterocycles. The van der Waals surface area contributed by atoms with Crippen molar-refractivity contribution in [1.29, 1.82) is 0 Å². The summed E-state index contributed by atoms with van der Waals surface area (Å²) >= 11 is 0. The second-order valence-corrected chi connectivity index (χ2v) is 18.4. The van der Waals surface area contributed by atoms with Crippen LogP contribution in [0.4, 0.5) is 4.79 Å². The number of benzene rings is 4. The first-order chi connectivity index (χ1) is 31.3. The Morgan fingerprint density at radius 1 is 0.785 bits per heavy atom. The van der Waals surface area contributed by atoms with Crippen LogP contribution in [0.25, 0.3) is 44.4 Å². The third kappa shape index (κ3) is 8.62. The molecule has 3 aliphatic rings. The van der Waals surface area contributed by atoms with Gasteiger partial charge in [0, 0.05) is 24.2 Å². The van der Waals surface area contributed by atoms with Crippen LogP contribution < -0.4 is 10.6 Å². The number of aryl methyl sites for hydroxylation is 2. The summed E-state index contributed by atoms with van der Waals surface area (Å²) in [5.41, 5.74) is 7.46. The van der Waals surface area contributed by atoms with Crippen LogP contribution in [-0.4, -0.2) is 90.5 Å². The van der Waals surface area contributed by atoms with Crippen molar-refractivity contribution in [3.05, 3.63) is 120 Å². The fraction of sp³-hybridized carbons (Fsp3) is 0.373. The molecule has 0 saturated carbocycles. The number of ether oxygens (including phenoxy) is 1. The fourth-order valence-electron chi connectivity index (χ4n) is 9.63. The summed E-state index contributed by atoms with van der Waals surface area (Å²) in [6.07, 6.45) is 6.02. The molecule has 6 aromatic rings. The highest BCUT2D eigenvalue weighted by molar-refractivity contribution is 5.93. The van der Waals surface area contributed by atoms with E-state index in [0.717, 1.165) is 94.5 Å². The van der Waals surface area contributed by atoms with Crippen molar-refractivity contribution in [2.45, 2.75) is 96.0 Å². The average molecular weight is 877 g/mol. The quantitative estimate of drug-likeness (QED) is 0.0876. The van der Waals surface area contributed by atoms with Crippen LogP contribution in [0, 0.1) is 5.92 Å². The minimum absolute atomic E-state index is 0.106. The van der Waals surface area contributed by atoms with Gasteiger partial charge in [0.2, 0.25) is 11.8 Å². The number of carbonyl (C=O) groups excluding carboxylic acids is 4. The molecule has 65 heavy (non-hydrogen) atoms. The van der Waals surface area contributed by atoms with Gasteiger partial charge in [-0.25, -0.2) is 14.8 Å². The Kier molecular flexibility index (Phi) is 11.8. The highest BCUT2D eigenvalue weighted by Crippen LogP contribution is 2.40. The van der Waals surface area contributed by atoms with Gasteiger partial charge in [-0.3, -0.25) is 14.4 Å². The zero-order valence-corrected chi connectivity index (χ0v) is 37.5. The van der Waals surface area contributed by atoms with Crippen LogP contribution in [0.2, 0.25) is 0 Å². The number of nitrogens with zero attached hydrogens (tertiary/aromatic N) is 4. The van der Waals surface area contributed by atoms with Gasteiger partial charge in [0.25, 0.3) is 5.91 Å². The number of amides is 4. The van der Waals surface area contributed by atoms with E-state index in [1.54, 1.807) is 17.0 Å². The molecule has 336 valence electrons. The van der Waals surface area contributed by atoms with Gasteiger partial charge in [-0.2, -0.15) is 0 Å². The molecule has 0 spiro atoms. The van der Waals surface area contributed by atoms with E-state index >= 15 is 0 Å². The lowest BCUT2D eigenvalue weighted by Gasteiger charge is -2.30. The molecule has 4 unspecified atom stereocenters. The van der Waals surface area contributed by atoms with Gasteiger partial charge >= 0.3 is 6.09 Å². The van der Waals surface area contributed by atoms with Crippen molar-refractivity contribution < 1.29 is 29.0 Å². The van der Waals surface area contributed by atoms with Crippen LogP contribution in [0.1, 0.15) is 100.0 Å². The predicted molar refractivity (Wildman–Crippen MR) is 247 cm³/mol. The number of nitrogens with one attached hydrogen (secondary N) is 4. The molecule has 0 bridgehead atoms. The monoisotopic (exact) mass is 876 g/mol. The molecule has 4 amide bonds. The lowest BCUT2D eigenvalue weighted by molar-refractivity contribution is -0.143. The molecule has 14 heteroatoms. The summed E-state index contributed by atoms with van der Waals surface area (Å²) in [4.78, 5) is 73.5. The Hall–Kier alpha value is -6.80. The maximum atomic E-state index is 14.2. The maximum Gasteiger partial charge on any atom is 0.407 e. The minimum atomic E-state index is -1.65. The second kappa shape index (κ2) is 17.6. The van der Waals surface area contributed by atoms with E-state index in [0.29, 0.717) is 24.5 Å². The summed E-state index contributed by atoms with van der Waals surface area (Å²) in [6.45, 7) is 7.77. The minimum Gasteiger partial charge on any atom is -0.453 e. The van der Waals surface area contributed by atoms with Gasteiger partial charge < -0.3 is 40.2 Å². The average Bonchev–Trinajstić information content (AvgIpc) is 4.15. The first-order valence-corrected chi connectivity index (χ1v) is 22.6. The molecule has 9 rings (SSSR count). The van der Waals surface area contributed by atoms with Crippen LogP contribution in [0.3, 0.4) is 0 Å². The number of hydrogen-bond acceptors (Lipinski definition) is 8. The van der Waals surface area contributed by atoms with Crippen molar-refractivity contribution in [2.75, 3.05) is 20.2 Å². The number of hydrogen-bond donors (Lipinski definition) is 5. The van der Waals surface area contributed by atoms with E-state index in [9.17, 15) is 24.3 Å². The van der Waals surface area contributed by atoms with E-state index in [1.165, 1.54) is 26.5 Å². The second-order valence-electron chi connectivity index (χ2n) is 18.4. The molecule has 5 N–H and O–H groups in total. The van der Waals surface area contributed by atoms with Gasteiger partial charge in [-0.05, 0) is 103 Å². The van der Waals surface area contributed by atoms with Crippen LogP contribution in [-0.2, 0) is 32.0 Å². The standard InChI is InChI=1S/C51H56N8O6/c1-29(2)42(57-50(63)65-5)47(60)59-24-10-14-41(59)46-53-38-22-20-35-26-34(19-21-37(35)44(38)55-46)31-15-16-33-27-36(18-17-32(33)25-31)39-28-52-45(54-39)40-13-9-23-58(40)48(61)43(30-11-7-6-8-12-30)56-49(62)51(3,4)64/h6-8,11-12,15-19,21,25-29,40-43,64H,9-10,13-14,20,22-24H2,1-5H3,(H,52,54)(H,53,55)(H,56,62)(H,57,63). The third-order valence-electron chi connectivity index (χ3n) is 13.2. The summed E-state index contributed by atoms with van der Waals surface area (Å²) in [5.74, 6) is 0.380. The van der Waals surface area contributed by atoms with Gasteiger partial charge in [0.1, 0.15) is 29.3 Å². The number of H-pyrrole nitrogens is 2. The van der Waals surface area contributed by atoms with E-state index < -0.39 is 29.7 Å². The largest absolute Gasteiger partial charge is 0.453 e. The molecule has 2 aromatic heterocycles. The van der Waals surface area contributed by atoms with Gasteiger partial charge in [0.15, 0.2) is 0 Å². The number of imidazole rings is 2. The third-order valence-corrected chi connectivity index (χ3v) is 13.2. The molecule has 2 fully saturated rings. The van der Waals surface area contributed by atoms with Crippen molar-refractivity contribution in [1.82, 2.24) is 40.4 Å². The Labute approximate surface area is 378 Å². The van der Waals surface area contributed by atoms with Crippen molar-refractivity contribution in [3.63, 3.8) is 0 Å². The number of fused-ring (bicyclic) bond motifs is 4. The lowest BCUT2D eigenvalue weighted by atomic mass is 9.89. The summed E-state index contributed by atoms with van der Waals surface area (Å²) in [6, 6.07) is 26.5. The smallest absolute Gasteiger partial charge is 0.407 e.